The molecule has 0 saturated carbocycles. The molecule has 0 bridgehead atoms. The van der Waals surface area contributed by atoms with Crippen molar-refractivity contribution in [2.75, 3.05) is 69.5 Å². The Morgan fingerprint density at radius 2 is 0.833 bits per heavy atom. The van der Waals surface area contributed by atoms with E-state index >= 15 is 9.59 Å². The zero-order valence-corrected chi connectivity index (χ0v) is 53.0. The number of hydrogen-bond donors (Lipinski definition) is 4. The second-order valence-electron chi connectivity index (χ2n) is 23.8. The molecule has 470 valence electrons. The third-order valence-electron chi connectivity index (χ3n) is 16.7. The summed E-state index contributed by atoms with van der Waals surface area (Å²) < 4.78 is 0. The SMILES string of the molecule is CC(C)C[C@H]1C(=O)N(C)[C@@H](C)C(=O)N[C@@H]([C@@H](C)O)C(=O)N(C)[C@@H](C)C(=O)N(C)[C@@H](CC(C)C)C(=O)N(C)[C@@H](Cc2ccccc2)C(=O)N[C@H](C(=O)N2CCCCC2)C(=O)N(C)[C@H](C)C(=O)N(C)[C@@H](C)C(=O)N[C@@H](C)C(=O)N(C)[C@@H](C)C(=O)N1C. The van der Waals surface area contributed by atoms with Crippen molar-refractivity contribution in [2.24, 2.45) is 11.8 Å². The van der Waals surface area contributed by atoms with Crippen LogP contribution in [-0.2, 0) is 64.0 Å². The van der Waals surface area contributed by atoms with Crippen molar-refractivity contribution in [3.8, 4) is 0 Å². The molecule has 2 fully saturated rings. The van der Waals surface area contributed by atoms with Gasteiger partial charge in [0.15, 0.2) is 6.04 Å². The van der Waals surface area contributed by atoms with E-state index in [0.29, 0.717) is 18.4 Å². The normalized spacial score (nSPS) is 28.3. The number of aliphatic hydroxyl groups excluding tert-OH is 1. The third kappa shape index (κ3) is 17.5. The van der Waals surface area contributed by atoms with Crippen molar-refractivity contribution in [3.63, 3.8) is 0 Å². The fourth-order valence-electron chi connectivity index (χ4n) is 10.2. The fourth-order valence-corrected chi connectivity index (χ4v) is 10.2. The summed E-state index contributed by atoms with van der Waals surface area (Å²) in [4.78, 5) is 184. The van der Waals surface area contributed by atoms with Gasteiger partial charge in [-0.05, 0) is 98.0 Å². The van der Waals surface area contributed by atoms with Crippen molar-refractivity contribution >= 4 is 70.9 Å². The predicted octanol–water partition coefficient (Wildman–Crippen LogP) is -0.0820. The Bertz CT molecular complexity index is 2540. The molecule has 84 heavy (non-hydrogen) atoms. The van der Waals surface area contributed by atoms with Crippen molar-refractivity contribution in [2.45, 2.75) is 187 Å². The molecule has 3 rings (SSSR count). The zero-order valence-electron chi connectivity index (χ0n) is 53.0. The van der Waals surface area contributed by atoms with Crippen LogP contribution in [0.15, 0.2) is 30.3 Å². The minimum Gasteiger partial charge on any atom is -0.391 e. The molecule has 2 aliphatic heterocycles. The molecule has 0 spiro atoms. The molecule has 0 aromatic heterocycles. The van der Waals surface area contributed by atoms with Crippen molar-refractivity contribution in [3.05, 3.63) is 35.9 Å². The largest absolute Gasteiger partial charge is 0.391 e. The summed E-state index contributed by atoms with van der Waals surface area (Å²) in [5.41, 5.74) is 0.600. The van der Waals surface area contributed by atoms with Crippen molar-refractivity contribution in [1.29, 1.82) is 0 Å². The van der Waals surface area contributed by atoms with Crippen molar-refractivity contribution in [1.82, 2.24) is 60.0 Å². The highest BCUT2D eigenvalue weighted by Gasteiger charge is 2.44. The summed E-state index contributed by atoms with van der Waals surface area (Å²) in [6.07, 6.45) is 0.624. The quantitative estimate of drug-likeness (QED) is 0.248. The molecule has 0 radical (unpaired) electrons. The maximum absolute atomic E-state index is 15.1. The molecule has 0 unspecified atom stereocenters. The van der Waals surface area contributed by atoms with E-state index in [1.54, 1.807) is 30.3 Å². The number of likely N-dealkylation sites (tertiary alicyclic amines) is 1. The van der Waals surface area contributed by atoms with Crippen LogP contribution < -0.4 is 16.0 Å². The van der Waals surface area contributed by atoms with Crippen LogP contribution in [0.3, 0.4) is 0 Å². The van der Waals surface area contributed by atoms with Gasteiger partial charge in [-0.25, -0.2) is 0 Å². The summed E-state index contributed by atoms with van der Waals surface area (Å²) in [5, 5.41) is 18.8. The first kappa shape index (κ1) is 71.1. The van der Waals surface area contributed by atoms with Crippen LogP contribution in [0, 0.1) is 11.8 Å². The van der Waals surface area contributed by atoms with Gasteiger partial charge < -0.3 is 65.2 Å². The van der Waals surface area contributed by atoms with Gasteiger partial charge in [0.1, 0.15) is 60.4 Å². The van der Waals surface area contributed by atoms with Gasteiger partial charge in [-0.2, -0.15) is 0 Å². The lowest BCUT2D eigenvalue weighted by Crippen LogP contribution is -2.63. The maximum atomic E-state index is 15.1. The minimum atomic E-state index is -1.90. The predicted molar refractivity (Wildman–Crippen MR) is 313 cm³/mol. The number of aliphatic hydroxyl groups is 1. The molecule has 12 atom stereocenters. The van der Waals surface area contributed by atoms with Crippen molar-refractivity contribution < 1.29 is 62.6 Å². The highest BCUT2D eigenvalue weighted by atomic mass is 16.3. The molecular formula is C59H96N12O13. The Hall–Kier alpha value is -7.18. The standard InChI is InChI=1S/C59H96N12O13/c1-33(2)30-44-55(80)64(13)37(7)49(74)61-46(41(11)72)57(82)66(15)40(10)54(79)70(19)45(31-34(3)4)56(81)68(17)43(32-42-26-22-20-23-27-42)50(75)62-47(59(84)71-28-24-21-25-29-71)58(83)67(16)38(8)52(77)63(12)36(6)48(73)60-35(5)51(76)65(14)39(9)53(78)69(44)18/h20,22-23,26-27,33-41,43-47,72H,21,24-25,28-32H2,1-19H3,(H,60,73)(H,61,74)(H,62,75)/t35-,36-,37-,38+,39-,40-,41+,43-,44-,45-,46-,47-/m0/s1. The summed E-state index contributed by atoms with van der Waals surface area (Å²) >= 11 is 0. The second kappa shape index (κ2) is 31.1. The number of carbonyl (C=O) groups excluding carboxylic acids is 12. The number of amides is 12. The van der Waals surface area contributed by atoms with Gasteiger partial charge >= 0.3 is 0 Å². The number of hydrogen-bond acceptors (Lipinski definition) is 13. The lowest BCUT2D eigenvalue weighted by Gasteiger charge is -2.38. The number of carbonyl (C=O) groups is 12. The van der Waals surface area contributed by atoms with Crippen LogP contribution in [0.5, 0.6) is 0 Å². The van der Waals surface area contributed by atoms with E-state index in [1.807, 2.05) is 27.7 Å². The number of nitrogens with zero attached hydrogens (tertiary/aromatic N) is 9. The average molecular weight is 1180 g/mol. The number of rotatable bonds is 8. The summed E-state index contributed by atoms with van der Waals surface area (Å²) in [7, 11) is 10.7. The molecule has 4 N–H and O–H groups in total. The maximum Gasteiger partial charge on any atom is 0.255 e. The first-order valence-electron chi connectivity index (χ1n) is 29.1. The van der Waals surface area contributed by atoms with E-state index in [-0.39, 0.29) is 44.2 Å². The minimum absolute atomic E-state index is 0.0706. The van der Waals surface area contributed by atoms with Crippen LogP contribution in [-0.4, -0.2) is 262 Å². The molecule has 12 amide bonds. The molecule has 2 heterocycles. The van der Waals surface area contributed by atoms with Gasteiger partial charge in [0, 0.05) is 75.9 Å². The highest BCUT2D eigenvalue weighted by molar-refractivity contribution is 6.09. The summed E-state index contributed by atoms with van der Waals surface area (Å²) in [6, 6.07) is -6.31. The van der Waals surface area contributed by atoms with Gasteiger partial charge in [0.25, 0.3) is 11.8 Å². The van der Waals surface area contributed by atoms with E-state index in [4.69, 9.17) is 0 Å². The van der Waals surface area contributed by atoms with Crippen LogP contribution >= 0.6 is 0 Å². The van der Waals surface area contributed by atoms with Crippen LogP contribution in [0.25, 0.3) is 0 Å². The van der Waals surface area contributed by atoms with Crippen LogP contribution in [0.2, 0.25) is 0 Å². The first-order chi connectivity index (χ1) is 39.0. The van der Waals surface area contributed by atoms with Gasteiger partial charge in [-0.15, -0.1) is 0 Å². The van der Waals surface area contributed by atoms with Gasteiger partial charge in [0.05, 0.1) is 6.10 Å². The lowest BCUT2D eigenvalue weighted by molar-refractivity contribution is -0.154. The van der Waals surface area contributed by atoms with Gasteiger partial charge in [-0.3, -0.25) is 57.5 Å². The molecule has 2 aliphatic rings. The Labute approximate surface area is 496 Å². The Morgan fingerprint density at radius 1 is 0.452 bits per heavy atom. The highest BCUT2D eigenvalue weighted by Crippen LogP contribution is 2.22. The Kier molecular flexibility index (Phi) is 26.3. The Balaban J connectivity index is 2.26. The monoisotopic (exact) mass is 1180 g/mol. The third-order valence-corrected chi connectivity index (χ3v) is 16.7. The van der Waals surface area contributed by atoms with E-state index in [1.165, 1.54) is 120 Å². The Morgan fingerprint density at radius 3 is 1.29 bits per heavy atom. The molecule has 25 nitrogen and oxygen atoms in total. The molecule has 1 aromatic rings. The molecule has 1 aromatic carbocycles. The van der Waals surface area contributed by atoms with Gasteiger partial charge in [-0.1, -0.05) is 58.0 Å². The second-order valence-corrected chi connectivity index (χ2v) is 23.8. The van der Waals surface area contributed by atoms with E-state index < -0.39 is 143 Å². The van der Waals surface area contributed by atoms with E-state index in [9.17, 15) is 53.1 Å². The van der Waals surface area contributed by atoms with E-state index in [2.05, 4.69) is 16.0 Å². The number of piperidine rings is 1. The average Bonchev–Trinajstić information content (AvgIpc) is 3.02. The number of nitrogens with one attached hydrogen (secondary N) is 3. The smallest absolute Gasteiger partial charge is 0.255 e. The zero-order chi connectivity index (χ0) is 64.1. The molecular weight excluding hydrogens is 1080 g/mol. The number of benzene rings is 1. The summed E-state index contributed by atoms with van der Waals surface area (Å²) in [5.74, 6) is -9.70. The molecule has 0 aliphatic carbocycles. The molecule has 2 saturated heterocycles. The van der Waals surface area contributed by atoms with Crippen LogP contribution in [0.4, 0.5) is 0 Å². The summed E-state index contributed by atoms with van der Waals surface area (Å²) in [6.45, 7) is 17.6. The van der Waals surface area contributed by atoms with Gasteiger partial charge in [0.2, 0.25) is 59.1 Å². The fraction of sp³-hybridized carbons (Fsp3) is 0.695. The number of likely N-dealkylation sites (N-methyl/N-ethyl adjacent to an activating group) is 8. The van der Waals surface area contributed by atoms with E-state index in [0.717, 1.165) is 35.8 Å². The molecule has 25 heteroatoms. The topological polar surface area (TPSA) is 290 Å². The first-order valence-corrected chi connectivity index (χ1v) is 29.1. The lowest BCUT2D eigenvalue weighted by atomic mass is 9.98. The van der Waals surface area contributed by atoms with Crippen LogP contribution in [0.1, 0.15) is 114 Å².